The zero-order chi connectivity index (χ0) is 10.1. The van der Waals surface area contributed by atoms with Gasteiger partial charge >= 0.3 is 0 Å². The lowest BCUT2D eigenvalue weighted by Crippen LogP contribution is -2.09. The van der Waals surface area contributed by atoms with Gasteiger partial charge in [-0.3, -0.25) is 0 Å². The second kappa shape index (κ2) is 3.74. The fourth-order valence-electron chi connectivity index (χ4n) is 0.923. The van der Waals surface area contributed by atoms with E-state index in [9.17, 15) is 0 Å². The van der Waals surface area contributed by atoms with Crippen molar-refractivity contribution in [3.63, 3.8) is 0 Å². The van der Waals surface area contributed by atoms with Gasteiger partial charge in [0.15, 0.2) is 0 Å². The van der Waals surface area contributed by atoms with Crippen molar-refractivity contribution in [1.29, 1.82) is 0 Å². The molecule has 1 aromatic heterocycles. The third-order valence-corrected chi connectivity index (χ3v) is 2.87. The molecular formula is C10H17NOS. The zero-order valence-electron chi connectivity index (χ0n) is 8.92. The molecule has 74 valence electrons. The summed E-state index contributed by atoms with van der Waals surface area (Å²) in [7, 11) is 0. The number of oxazole rings is 1. The van der Waals surface area contributed by atoms with Crippen LogP contribution in [0.3, 0.4) is 0 Å². The zero-order valence-corrected chi connectivity index (χ0v) is 9.73. The summed E-state index contributed by atoms with van der Waals surface area (Å²) in [5, 5.41) is 0.344. The van der Waals surface area contributed by atoms with Crippen molar-refractivity contribution in [3.05, 3.63) is 17.8 Å². The van der Waals surface area contributed by atoms with Gasteiger partial charge in [0.25, 0.3) is 0 Å². The van der Waals surface area contributed by atoms with Gasteiger partial charge in [0, 0.05) is 5.41 Å². The molecule has 0 amide bonds. The highest BCUT2D eigenvalue weighted by atomic mass is 32.2. The third-order valence-electron chi connectivity index (χ3n) is 1.96. The Kier molecular flexibility index (Phi) is 3.06. The van der Waals surface area contributed by atoms with E-state index in [1.54, 1.807) is 11.8 Å². The molecule has 0 aliphatic heterocycles. The third kappa shape index (κ3) is 2.50. The van der Waals surface area contributed by atoms with Gasteiger partial charge < -0.3 is 4.42 Å². The molecule has 0 aliphatic rings. The summed E-state index contributed by atoms with van der Waals surface area (Å²) in [4.78, 5) is 4.27. The van der Waals surface area contributed by atoms with Crippen LogP contribution in [0, 0.1) is 0 Å². The number of hydrogen-bond acceptors (Lipinski definition) is 3. The Bertz CT molecular complexity index is 275. The monoisotopic (exact) mass is 199 g/mol. The van der Waals surface area contributed by atoms with Crippen molar-refractivity contribution < 1.29 is 4.42 Å². The molecule has 1 aromatic rings. The Labute approximate surface area is 84.1 Å². The van der Waals surface area contributed by atoms with Crippen LogP contribution in [-0.4, -0.2) is 11.2 Å². The normalized spacial score (nSPS) is 14.5. The lowest BCUT2D eigenvalue weighted by atomic mass is 9.94. The Morgan fingerprint density at radius 1 is 1.46 bits per heavy atom. The van der Waals surface area contributed by atoms with E-state index in [1.165, 1.54) is 0 Å². The number of thioether (sulfide) groups is 1. The highest BCUT2D eigenvalue weighted by Gasteiger charge is 2.20. The van der Waals surface area contributed by atoms with E-state index in [1.807, 2.05) is 6.20 Å². The van der Waals surface area contributed by atoms with E-state index in [2.05, 4.69) is 38.9 Å². The van der Waals surface area contributed by atoms with Gasteiger partial charge in [0.05, 0.1) is 11.4 Å². The summed E-state index contributed by atoms with van der Waals surface area (Å²) in [5.41, 5.74) is 0.0589. The van der Waals surface area contributed by atoms with Gasteiger partial charge in [-0.15, -0.1) is 0 Å². The first-order valence-corrected chi connectivity index (χ1v) is 5.73. The van der Waals surface area contributed by atoms with Gasteiger partial charge in [0.2, 0.25) is 5.89 Å². The smallest absolute Gasteiger partial charge is 0.207 e. The molecule has 1 atom stereocenters. The van der Waals surface area contributed by atoms with Crippen LogP contribution >= 0.6 is 11.8 Å². The molecule has 0 aromatic carbocycles. The average molecular weight is 199 g/mol. The summed E-state index contributed by atoms with van der Waals surface area (Å²) in [6, 6.07) is 0. The molecule has 1 heterocycles. The molecule has 1 rings (SSSR count). The first kappa shape index (κ1) is 10.6. The predicted octanol–water partition coefficient (Wildman–Crippen LogP) is 3.40. The minimum atomic E-state index is 0.0589. The van der Waals surface area contributed by atoms with Crippen LogP contribution in [0.2, 0.25) is 0 Å². The standard InChI is InChI=1S/C10H17NOS/c1-7(13-5)9-11-6-8(12-9)10(2,3)4/h6-7H,1-5H3. The average Bonchev–Trinajstić information content (AvgIpc) is 2.50. The number of aromatic nitrogens is 1. The lowest BCUT2D eigenvalue weighted by Gasteiger charge is -2.13. The molecule has 0 spiro atoms. The van der Waals surface area contributed by atoms with Crippen LogP contribution in [0.4, 0.5) is 0 Å². The molecule has 0 fully saturated rings. The molecule has 0 saturated heterocycles. The van der Waals surface area contributed by atoms with Gasteiger partial charge in [0.1, 0.15) is 5.76 Å². The molecule has 0 radical (unpaired) electrons. The molecular weight excluding hydrogens is 182 g/mol. The molecule has 0 bridgehead atoms. The highest BCUT2D eigenvalue weighted by Crippen LogP contribution is 2.29. The topological polar surface area (TPSA) is 26.0 Å². The van der Waals surface area contributed by atoms with E-state index in [0.29, 0.717) is 5.25 Å². The summed E-state index contributed by atoms with van der Waals surface area (Å²) in [5.74, 6) is 1.79. The molecule has 2 nitrogen and oxygen atoms in total. The maximum absolute atomic E-state index is 5.67. The summed E-state index contributed by atoms with van der Waals surface area (Å²) in [6.07, 6.45) is 3.90. The number of hydrogen-bond donors (Lipinski definition) is 0. The van der Waals surface area contributed by atoms with Crippen LogP contribution in [0.5, 0.6) is 0 Å². The van der Waals surface area contributed by atoms with E-state index in [4.69, 9.17) is 4.42 Å². The molecule has 0 N–H and O–H groups in total. The second-order valence-corrected chi connectivity index (χ2v) is 5.37. The Balaban J connectivity index is 2.87. The van der Waals surface area contributed by atoms with E-state index in [-0.39, 0.29) is 5.41 Å². The SMILES string of the molecule is CSC(C)c1ncc(C(C)(C)C)o1. The molecule has 0 saturated carbocycles. The first-order valence-electron chi connectivity index (χ1n) is 4.44. The van der Waals surface area contributed by atoms with E-state index >= 15 is 0 Å². The lowest BCUT2D eigenvalue weighted by molar-refractivity contribution is 0.383. The Morgan fingerprint density at radius 2 is 2.08 bits per heavy atom. The molecule has 0 aliphatic carbocycles. The minimum absolute atomic E-state index is 0.0589. The molecule has 1 unspecified atom stereocenters. The summed E-state index contributed by atoms with van der Waals surface area (Å²) in [6.45, 7) is 8.48. The van der Waals surface area contributed by atoms with Crippen molar-refractivity contribution >= 4 is 11.8 Å². The number of nitrogens with zero attached hydrogens (tertiary/aromatic N) is 1. The number of rotatable bonds is 2. The Hall–Kier alpha value is -0.440. The van der Waals surface area contributed by atoms with Crippen LogP contribution in [-0.2, 0) is 5.41 Å². The quantitative estimate of drug-likeness (QED) is 0.730. The second-order valence-electron chi connectivity index (χ2n) is 4.19. The highest BCUT2D eigenvalue weighted by molar-refractivity contribution is 7.98. The minimum Gasteiger partial charge on any atom is -0.444 e. The van der Waals surface area contributed by atoms with E-state index < -0.39 is 0 Å². The van der Waals surface area contributed by atoms with Crippen LogP contribution < -0.4 is 0 Å². The van der Waals surface area contributed by atoms with Crippen molar-refractivity contribution in [1.82, 2.24) is 4.98 Å². The largest absolute Gasteiger partial charge is 0.444 e. The first-order chi connectivity index (χ1) is 5.95. The van der Waals surface area contributed by atoms with Gasteiger partial charge in [-0.2, -0.15) is 11.8 Å². The van der Waals surface area contributed by atoms with Crippen molar-refractivity contribution in [3.8, 4) is 0 Å². The van der Waals surface area contributed by atoms with Crippen molar-refractivity contribution in [2.24, 2.45) is 0 Å². The van der Waals surface area contributed by atoms with Crippen LogP contribution in [0.15, 0.2) is 10.6 Å². The van der Waals surface area contributed by atoms with Gasteiger partial charge in [-0.1, -0.05) is 20.8 Å². The molecule has 3 heteroatoms. The molecule has 13 heavy (non-hydrogen) atoms. The Morgan fingerprint density at radius 3 is 2.46 bits per heavy atom. The fraction of sp³-hybridized carbons (Fsp3) is 0.700. The van der Waals surface area contributed by atoms with E-state index in [0.717, 1.165) is 11.7 Å². The summed E-state index contributed by atoms with van der Waals surface area (Å²) < 4.78 is 5.67. The summed E-state index contributed by atoms with van der Waals surface area (Å²) >= 11 is 1.75. The maximum Gasteiger partial charge on any atom is 0.207 e. The van der Waals surface area contributed by atoms with Crippen LogP contribution in [0.25, 0.3) is 0 Å². The van der Waals surface area contributed by atoms with Crippen molar-refractivity contribution in [2.45, 2.75) is 38.4 Å². The maximum atomic E-state index is 5.67. The van der Waals surface area contributed by atoms with Gasteiger partial charge in [-0.25, -0.2) is 4.98 Å². The predicted molar refractivity (Wildman–Crippen MR) is 57.1 cm³/mol. The van der Waals surface area contributed by atoms with Crippen molar-refractivity contribution in [2.75, 3.05) is 6.26 Å². The van der Waals surface area contributed by atoms with Crippen LogP contribution in [0.1, 0.15) is 44.6 Å². The fourth-order valence-corrected chi connectivity index (χ4v) is 1.23. The van der Waals surface area contributed by atoms with Gasteiger partial charge in [-0.05, 0) is 13.2 Å².